The molecule has 8 nitrogen and oxygen atoms in total. The minimum Gasteiger partial charge on any atom is -0.480 e. The molecule has 0 aromatic carbocycles. The molecule has 2 heterocycles. The number of carboxylic acid groups (broad SMARTS) is 1. The number of rotatable bonds is 4. The van der Waals surface area contributed by atoms with Crippen LogP contribution in [-0.2, 0) is 14.3 Å². The van der Waals surface area contributed by atoms with Gasteiger partial charge in [-0.25, -0.2) is 0 Å². The summed E-state index contributed by atoms with van der Waals surface area (Å²) >= 11 is 0. The van der Waals surface area contributed by atoms with E-state index in [9.17, 15) is 9.59 Å². The van der Waals surface area contributed by atoms with Gasteiger partial charge in [-0.15, -0.1) is 0 Å². The van der Waals surface area contributed by atoms with E-state index in [-0.39, 0.29) is 19.1 Å². The third kappa shape index (κ3) is 3.52. The maximum atomic E-state index is 11.8. The highest BCUT2D eigenvalue weighted by Crippen LogP contribution is 2.09. The molecule has 2 N–H and O–H groups in total. The number of anilines is 1. The molecule has 1 fully saturated rings. The van der Waals surface area contributed by atoms with Crippen molar-refractivity contribution >= 4 is 17.7 Å². The minimum atomic E-state index is -0.996. The van der Waals surface area contributed by atoms with E-state index in [2.05, 4.69) is 10.5 Å². The number of nitrogens with one attached hydrogen (secondary N) is 1. The van der Waals surface area contributed by atoms with E-state index in [0.29, 0.717) is 24.7 Å². The predicted molar refractivity (Wildman–Crippen MR) is 63.7 cm³/mol. The van der Waals surface area contributed by atoms with E-state index in [4.69, 9.17) is 14.4 Å². The van der Waals surface area contributed by atoms with Gasteiger partial charge < -0.3 is 19.7 Å². The first-order valence-electron chi connectivity index (χ1n) is 5.84. The first kappa shape index (κ1) is 13.5. The van der Waals surface area contributed by atoms with Gasteiger partial charge in [0.05, 0.1) is 19.8 Å². The molecule has 1 amide bonds. The number of aromatic nitrogens is 1. The molecular weight excluding hydrogens is 254 g/mol. The molecule has 1 unspecified atom stereocenters. The predicted octanol–water partition coefficient (Wildman–Crippen LogP) is -0.293. The van der Waals surface area contributed by atoms with Crippen LogP contribution in [0.4, 0.5) is 5.82 Å². The summed E-state index contributed by atoms with van der Waals surface area (Å²) in [6.07, 6.45) is 0. The molecule has 8 heteroatoms. The van der Waals surface area contributed by atoms with Crippen molar-refractivity contribution in [3.8, 4) is 0 Å². The van der Waals surface area contributed by atoms with E-state index >= 15 is 0 Å². The molecule has 104 valence electrons. The van der Waals surface area contributed by atoms with Gasteiger partial charge in [0.15, 0.2) is 5.82 Å². The Bertz CT molecular complexity index is 473. The van der Waals surface area contributed by atoms with E-state index in [1.54, 1.807) is 17.9 Å². The molecule has 1 saturated heterocycles. The van der Waals surface area contributed by atoms with Crippen LogP contribution in [0.2, 0.25) is 0 Å². The molecule has 1 aromatic rings. The quantitative estimate of drug-likeness (QED) is 0.773. The highest BCUT2D eigenvalue weighted by atomic mass is 16.5. The van der Waals surface area contributed by atoms with Gasteiger partial charge in [0, 0.05) is 12.6 Å². The Labute approximate surface area is 109 Å². The number of aliphatic carboxylic acids is 1. The van der Waals surface area contributed by atoms with Crippen LogP contribution in [0.25, 0.3) is 0 Å². The van der Waals surface area contributed by atoms with Gasteiger partial charge in [-0.3, -0.25) is 14.5 Å². The standard InChI is InChI=1S/C11H15N3O5/c1-7-4-9(13-19-7)12-10(15)5-14-2-3-18-6-8(14)11(16)17/h4,8H,2-3,5-6H2,1H3,(H,16,17)(H,12,13,15). The number of nitrogens with zero attached hydrogens (tertiary/aromatic N) is 2. The number of carboxylic acids is 1. The van der Waals surface area contributed by atoms with Crippen LogP contribution in [0.5, 0.6) is 0 Å². The maximum Gasteiger partial charge on any atom is 0.323 e. The highest BCUT2D eigenvalue weighted by Gasteiger charge is 2.30. The lowest BCUT2D eigenvalue weighted by atomic mass is 10.2. The number of amides is 1. The number of ether oxygens (including phenoxy) is 1. The molecule has 1 aromatic heterocycles. The Morgan fingerprint density at radius 2 is 2.42 bits per heavy atom. The molecule has 1 aliphatic heterocycles. The van der Waals surface area contributed by atoms with Crippen molar-refractivity contribution in [3.63, 3.8) is 0 Å². The third-order valence-electron chi connectivity index (χ3n) is 2.77. The van der Waals surface area contributed by atoms with Gasteiger partial charge in [-0.2, -0.15) is 0 Å². The van der Waals surface area contributed by atoms with Crippen LogP contribution in [0.3, 0.4) is 0 Å². The minimum absolute atomic E-state index is 0.0216. The Balaban J connectivity index is 1.91. The summed E-state index contributed by atoms with van der Waals surface area (Å²) in [5.74, 6) is -0.418. The van der Waals surface area contributed by atoms with E-state index in [0.717, 1.165) is 0 Å². The van der Waals surface area contributed by atoms with Crippen LogP contribution in [0, 0.1) is 6.92 Å². The molecule has 19 heavy (non-hydrogen) atoms. The molecule has 0 radical (unpaired) electrons. The van der Waals surface area contributed by atoms with Crippen molar-refractivity contribution in [2.75, 3.05) is 31.6 Å². The Morgan fingerprint density at radius 1 is 1.63 bits per heavy atom. The van der Waals surface area contributed by atoms with Gasteiger partial charge >= 0.3 is 5.97 Å². The topological polar surface area (TPSA) is 105 Å². The van der Waals surface area contributed by atoms with Gasteiger partial charge in [-0.1, -0.05) is 5.16 Å². The lowest BCUT2D eigenvalue weighted by Crippen LogP contribution is -2.52. The lowest BCUT2D eigenvalue weighted by molar-refractivity contribution is -0.150. The fraction of sp³-hybridized carbons (Fsp3) is 0.545. The van der Waals surface area contributed by atoms with Crippen LogP contribution in [0.1, 0.15) is 5.76 Å². The van der Waals surface area contributed by atoms with E-state index in [1.807, 2.05) is 0 Å². The fourth-order valence-electron chi connectivity index (χ4n) is 1.85. The van der Waals surface area contributed by atoms with E-state index < -0.39 is 12.0 Å². The second kappa shape index (κ2) is 5.81. The van der Waals surface area contributed by atoms with Crippen molar-refractivity contribution in [2.45, 2.75) is 13.0 Å². The zero-order chi connectivity index (χ0) is 13.8. The van der Waals surface area contributed by atoms with Gasteiger partial charge in [0.25, 0.3) is 0 Å². The number of morpholine rings is 1. The zero-order valence-corrected chi connectivity index (χ0v) is 10.5. The van der Waals surface area contributed by atoms with Crippen molar-refractivity contribution in [3.05, 3.63) is 11.8 Å². The largest absolute Gasteiger partial charge is 0.480 e. The Kier molecular flexibility index (Phi) is 4.13. The number of hydrogen-bond donors (Lipinski definition) is 2. The first-order valence-corrected chi connectivity index (χ1v) is 5.84. The number of carbonyl (C=O) groups is 2. The molecule has 0 bridgehead atoms. The molecule has 0 aliphatic carbocycles. The Hall–Kier alpha value is -1.93. The Morgan fingerprint density at radius 3 is 3.05 bits per heavy atom. The van der Waals surface area contributed by atoms with Crippen LogP contribution >= 0.6 is 0 Å². The van der Waals surface area contributed by atoms with Crippen LogP contribution < -0.4 is 5.32 Å². The number of hydrogen-bond acceptors (Lipinski definition) is 6. The van der Waals surface area contributed by atoms with Gasteiger partial charge in [0.1, 0.15) is 11.8 Å². The van der Waals surface area contributed by atoms with Crippen molar-refractivity contribution in [2.24, 2.45) is 0 Å². The van der Waals surface area contributed by atoms with Crippen molar-refractivity contribution in [1.29, 1.82) is 0 Å². The average molecular weight is 269 g/mol. The number of carbonyl (C=O) groups excluding carboxylic acids is 1. The fourth-order valence-corrected chi connectivity index (χ4v) is 1.85. The molecular formula is C11H15N3O5. The SMILES string of the molecule is Cc1cc(NC(=O)CN2CCOCC2C(=O)O)no1. The first-order chi connectivity index (χ1) is 9.06. The second-order valence-corrected chi connectivity index (χ2v) is 4.27. The summed E-state index contributed by atoms with van der Waals surface area (Å²) in [7, 11) is 0. The van der Waals surface area contributed by atoms with Crippen LogP contribution in [0.15, 0.2) is 10.6 Å². The average Bonchev–Trinajstić information content (AvgIpc) is 2.75. The molecule has 1 atom stereocenters. The van der Waals surface area contributed by atoms with E-state index in [1.165, 1.54) is 0 Å². The maximum absolute atomic E-state index is 11.8. The normalized spacial score (nSPS) is 20.2. The molecule has 0 saturated carbocycles. The highest BCUT2D eigenvalue weighted by molar-refractivity contribution is 5.91. The molecule has 0 spiro atoms. The summed E-state index contributed by atoms with van der Waals surface area (Å²) in [5, 5.41) is 15.2. The van der Waals surface area contributed by atoms with Gasteiger partial charge in [-0.05, 0) is 6.92 Å². The van der Waals surface area contributed by atoms with Crippen LogP contribution in [-0.4, -0.2) is 59.4 Å². The summed E-state index contributed by atoms with van der Waals surface area (Å²) < 4.78 is 9.92. The monoisotopic (exact) mass is 269 g/mol. The second-order valence-electron chi connectivity index (χ2n) is 4.27. The summed E-state index contributed by atoms with van der Waals surface area (Å²) in [6, 6.07) is 0.796. The summed E-state index contributed by atoms with van der Waals surface area (Å²) in [5.41, 5.74) is 0. The smallest absolute Gasteiger partial charge is 0.323 e. The van der Waals surface area contributed by atoms with Crippen molar-refractivity contribution < 1.29 is 24.0 Å². The zero-order valence-electron chi connectivity index (χ0n) is 10.5. The third-order valence-corrected chi connectivity index (χ3v) is 2.77. The molecule has 2 rings (SSSR count). The molecule has 1 aliphatic rings. The number of aryl methyl sites for hydroxylation is 1. The van der Waals surface area contributed by atoms with Crippen molar-refractivity contribution in [1.82, 2.24) is 10.1 Å². The summed E-state index contributed by atoms with van der Waals surface area (Å²) in [6.45, 7) is 2.60. The lowest BCUT2D eigenvalue weighted by Gasteiger charge is -2.31. The van der Waals surface area contributed by atoms with Gasteiger partial charge in [0.2, 0.25) is 5.91 Å². The summed E-state index contributed by atoms with van der Waals surface area (Å²) in [4.78, 5) is 24.4.